The summed E-state index contributed by atoms with van der Waals surface area (Å²) >= 11 is 0. The van der Waals surface area contributed by atoms with Crippen LogP contribution in [0.3, 0.4) is 0 Å². The molecule has 6 heteroatoms. The predicted octanol–water partition coefficient (Wildman–Crippen LogP) is 14.8. The van der Waals surface area contributed by atoms with Gasteiger partial charge in [-0.1, -0.05) is 77.6 Å². The summed E-state index contributed by atoms with van der Waals surface area (Å²) in [7, 11) is 3.55. The van der Waals surface area contributed by atoms with Crippen molar-refractivity contribution in [2.75, 3.05) is 14.2 Å². The standard InChI is InChI=1S/C54H66N4O2/c1-11-15-23-39-35(5)43-31-49-38(8)42(26-18-14-4)52(58(49)48-28-20-22-30-54(48)60-10)34-46-40(24-16-12-2)36(6)44(56-46)32-50-37(7)41(25-17-13-3)51(33-45(39)55-43)57(50)47-27-19-21-29-53(47)59-9/h19-22,27-34H,11-18,23-26H2,1-10H3. The number of aromatic nitrogens is 4. The number of unbranched alkanes of at least 4 members (excludes halogenated alkanes) is 4. The van der Waals surface area contributed by atoms with E-state index in [0.717, 1.165) is 134 Å². The molecule has 0 saturated heterocycles. The average molecular weight is 803 g/mol. The summed E-state index contributed by atoms with van der Waals surface area (Å²) in [6.45, 7) is 18.3. The van der Waals surface area contributed by atoms with E-state index in [1.54, 1.807) is 14.2 Å². The van der Waals surface area contributed by atoms with E-state index in [4.69, 9.17) is 19.4 Å². The molecular weight excluding hydrogens is 737 g/mol. The minimum Gasteiger partial charge on any atom is -0.495 e. The van der Waals surface area contributed by atoms with Gasteiger partial charge in [-0.2, -0.15) is 0 Å². The number of rotatable bonds is 16. The first kappa shape index (κ1) is 42.8. The molecule has 8 bridgehead atoms. The zero-order valence-corrected chi connectivity index (χ0v) is 38.0. The fourth-order valence-electron chi connectivity index (χ4n) is 9.33. The first-order valence-electron chi connectivity index (χ1n) is 22.7. The van der Waals surface area contributed by atoms with Crippen molar-refractivity contribution >= 4 is 44.4 Å². The van der Waals surface area contributed by atoms with Gasteiger partial charge in [-0.05, 0) is 172 Å². The Labute approximate surface area is 359 Å². The average Bonchev–Trinajstić information content (AvgIpc) is 3.90. The van der Waals surface area contributed by atoms with Gasteiger partial charge in [0.05, 0.1) is 70.4 Å². The molecule has 2 aliphatic rings. The number of hydrogen-bond donors (Lipinski definition) is 0. The van der Waals surface area contributed by atoms with Gasteiger partial charge in [-0.25, -0.2) is 9.97 Å². The van der Waals surface area contributed by atoms with Gasteiger partial charge in [-0.3, -0.25) is 0 Å². The summed E-state index contributed by atoms with van der Waals surface area (Å²) in [5.74, 6) is 1.68. The fraction of sp³-hybridized carbons (Fsp3) is 0.407. The van der Waals surface area contributed by atoms with E-state index >= 15 is 0 Å². The Morgan fingerprint density at radius 2 is 0.800 bits per heavy atom. The number of benzene rings is 2. The molecular formula is C54H66N4O2. The van der Waals surface area contributed by atoms with Crippen molar-refractivity contribution in [3.63, 3.8) is 0 Å². The van der Waals surface area contributed by atoms with E-state index in [1.807, 2.05) is 0 Å². The summed E-state index contributed by atoms with van der Waals surface area (Å²) in [6, 6.07) is 26.4. The summed E-state index contributed by atoms with van der Waals surface area (Å²) in [6.07, 6.45) is 12.8. The molecule has 0 N–H and O–H groups in total. The molecule has 3 aromatic heterocycles. The van der Waals surface area contributed by atoms with Crippen molar-refractivity contribution in [1.29, 1.82) is 0 Å². The highest BCUT2D eigenvalue weighted by atomic mass is 16.5. The van der Waals surface area contributed by atoms with Crippen molar-refractivity contribution in [2.24, 2.45) is 0 Å². The van der Waals surface area contributed by atoms with Crippen LogP contribution in [-0.4, -0.2) is 33.3 Å². The summed E-state index contributed by atoms with van der Waals surface area (Å²) in [4.78, 5) is 11.3. The minimum atomic E-state index is 0.840. The molecule has 5 heterocycles. The molecule has 314 valence electrons. The summed E-state index contributed by atoms with van der Waals surface area (Å²) < 4.78 is 17.1. The highest BCUT2D eigenvalue weighted by molar-refractivity contribution is 5.96. The van der Waals surface area contributed by atoms with E-state index in [0.29, 0.717) is 0 Å². The lowest BCUT2D eigenvalue weighted by Gasteiger charge is -2.13. The van der Waals surface area contributed by atoms with E-state index in [9.17, 15) is 0 Å². The molecule has 0 radical (unpaired) electrons. The highest BCUT2D eigenvalue weighted by Crippen LogP contribution is 2.42. The van der Waals surface area contributed by atoms with Gasteiger partial charge in [0.25, 0.3) is 0 Å². The van der Waals surface area contributed by atoms with Crippen LogP contribution in [0.4, 0.5) is 0 Å². The van der Waals surface area contributed by atoms with Gasteiger partial charge in [-0.15, -0.1) is 0 Å². The minimum absolute atomic E-state index is 0.840. The molecule has 60 heavy (non-hydrogen) atoms. The van der Waals surface area contributed by atoms with E-state index in [1.165, 1.54) is 55.6 Å². The van der Waals surface area contributed by atoms with Crippen LogP contribution in [0.5, 0.6) is 11.5 Å². The Bertz CT molecular complexity index is 2440. The second kappa shape index (κ2) is 18.9. The van der Waals surface area contributed by atoms with Crippen molar-refractivity contribution < 1.29 is 9.47 Å². The van der Waals surface area contributed by atoms with Crippen LogP contribution in [-0.2, 0) is 12.8 Å². The molecule has 0 atom stereocenters. The first-order valence-corrected chi connectivity index (χ1v) is 22.7. The van der Waals surface area contributed by atoms with Crippen LogP contribution in [0.25, 0.3) is 55.7 Å². The predicted molar refractivity (Wildman–Crippen MR) is 255 cm³/mol. The third-order valence-corrected chi connectivity index (χ3v) is 12.9. The maximum Gasteiger partial charge on any atom is 0.142 e. The number of ether oxygens (including phenoxy) is 2. The Morgan fingerprint density at radius 3 is 1.17 bits per heavy atom. The van der Waals surface area contributed by atoms with E-state index < -0.39 is 0 Å². The second-order valence-electron chi connectivity index (χ2n) is 16.7. The van der Waals surface area contributed by atoms with Crippen LogP contribution in [0.15, 0.2) is 72.8 Å². The Hall–Kier alpha value is -5.36. The van der Waals surface area contributed by atoms with E-state index in [2.05, 4.69) is 137 Å². The summed E-state index contributed by atoms with van der Waals surface area (Å²) in [5.41, 5.74) is 21.3. The number of aryl methyl sites for hydroxylation is 4. The summed E-state index contributed by atoms with van der Waals surface area (Å²) in [5, 5.41) is 0. The van der Waals surface area contributed by atoms with Crippen LogP contribution in [0, 0.1) is 13.8 Å². The lowest BCUT2D eigenvalue weighted by molar-refractivity contribution is 0.413. The SMILES string of the molecule is CCCCC1=C(C)c2cc3c(C)c(CCCC)c(cc4nc(cc5c(C)c(CCCC)c(cc1n2)n5-c1ccccc1OC)C(C)=C4CCCC)n3-c1ccccc1OC. The van der Waals surface area contributed by atoms with E-state index in [-0.39, 0.29) is 0 Å². The maximum absolute atomic E-state index is 6.12. The van der Waals surface area contributed by atoms with Crippen LogP contribution in [0.1, 0.15) is 151 Å². The van der Waals surface area contributed by atoms with Crippen molar-refractivity contribution in [2.45, 2.75) is 132 Å². The van der Waals surface area contributed by atoms with Gasteiger partial charge in [0.15, 0.2) is 0 Å². The van der Waals surface area contributed by atoms with Crippen molar-refractivity contribution in [1.82, 2.24) is 19.1 Å². The molecule has 0 saturated carbocycles. The Morgan fingerprint density at radius 1 is 0.450 bits per heavy atom. The van der Waals surface area contributed by atoms with Gasteiger partial charge in [0.2, 0.25) is 0 Å². The van der Waals surface area contributed by atoms with Crippen molar-refractivity contribution in [3.05, 3.63) is 118 Å². The van der Waals surface area contributed by atoms with Gasteiger partial charge >= 0.3 is 0 Å². The van der Waals surface area contributed by atoms with Gasteiger partial charge < -0.3 is 18.6 Å². The smallest absolute Gasteiger partial charge is 0.142 e. The Balaban J connectivity index is 1.77. The number of para-hydroxylation sites is 4. The molecule has 0 unspecified atom stereocenters. The maximum atomic E-state index is 6.12. The Kier molecular flexibility index (Phi) is 13.5. The quantitative estimate of drug-likeness (QED) is 0.0997. The van der Waals surface area contributed by atoms with Gasteiger partial charge in [0, 0.05) is 0 Å². The van der Waals surface area contributed by atoms with Crippen molar-refractivity contribution in [3.8, 4) is 22.9 Å². The lowest BCUT2D eigenvalue weighted by Crippen LogP contribution is -1.99. The molecule has 2 aromatic carbocycles. The largest absolute Gasteiger partial charge is 0.495 e. The monoisotopic (exact) mass is 803 g/mol. The molecule has 5 aromatic rings. The number of methoxy groups -OCH3 is 2. The first-order chi connectivity index (χ1) is 29.2. The molecule has 0 spiro atoms. The fourth-order valence-corrected chi connectivity index (χ4v) is 9.33. The molecule has 6 nitrogen and oxygen atoms in total. The zero-order valence-electron chi connectivity index (χ0n) is 38.0. The van der Waals surface area contributed by atoms with Crippen LogP contribution >= 0.6 is 0 Å². The molecule has 0 amide bonds. The topological polar surface area (TPSA) is 54.1 Å². The van der Waals surface area contributed by atoms with Crippen LogP contribution in [0.2, 0.25) is 0 Å². The third-order valence-electron chi connectivity index (χ3n) is 12.9. The third kappa shape index (κ3) is 7.98. The lowest BCUT2D eigenvalue weighted by atomic mass is 9.99. The number of fused-ring (bicyclic) bond motifs is 8. The number of nitrogens with zero attached hydrogens (tertiary/aromatic N) is 4. The van der Waals surface area contributed by atoms with Gasteiger partial charge in [0.1, 0.15) is 11.5 Å². The second-order valence-corrected chi connectivity index (χ2v) is 16.7. The highest BCUT2D eigenvalue weighted by Gasteiger charge is 2.25. The normalized spacial score (nSPS) is 12.8. The molecule has 2 aliphatic heterocycles. The molecule has 7 rings (SSSR count). The number of allylic oxidation sites excluding steroid dienone is 4. The molecule has 0 aliphatic carbocycles. The molecule has 0 fully saturated rings. The zero-order chi connectivity index (χ0) is 42.5. The van der Waals surface area contributed by atoms with Crippen LogP contribution < -0.4 is 9.47 Å². The number of hydrogen-bond acceptors (Lipinski definition) is 4.